The molecule has 1 aliphatic heterocycles. The van der Waals surface area contributed by atoms with Crippen molar-refractivity contribution >= 4 is 18.3 Å². The number of halogens is 1. The molecule has 0 atom stereocenters. The van der Waals surface area contributed by atoms with Gasteiger partial charge in [0.15, 0.2) is 5.69 Å². The van der Waals surface area contributed by atoms with Crippen LogP contribution in [0.15, 0.2) is 0 Å². The van der Waals surface area contributed by atoms with E-state index in [1.54, 1.807) is 0 Å². The number of amides is 1. The first-order chi connectivity index (χ1) is 11.7. The number of carbonyl (C=O) groups is 1. The quantitative estimate of drug-likeness (QED) is 0.836. The van der Waals surface area contributed by atoms with Gasteiger partial charge in [-0.3, -0.25) is 4.79 Å². The SMILES string of the molecule is CCCC1CCC(NC(=O)c2nnn(C3CCNCC3)c2C)CC1.Cl. The molecular weight excluding hydrogens is 338 g/mol. The lowest BCUT2D eigenvalue weighted by Crippen LogP contribution is -2.38. The van der Waals surface area contributed by atoms with Crippen molar-refractivity contribution in [3.63, 3.8) is 0 Å². The van der Waals surface area contributed by atoms with Gasteiger partial charge in [0.25, 0.3) is 5.91 Å². The summed E-state index contributed by atoms with van der Waals surface area (Å²) < 4.78 is 1.95. The Kier molecular flexibility index (Phi) is 7.69. The van der Waals surface area contributed by atoms with Crippen LogP contribution in [0.25, 0.3) is 0 Å². The highest BCUT2D eigenvalue weighted by molar-refractivity contribution is 5.93. The Bertz CT molecular complexity index is 548. The van der Waals surface area contributed by atoms with E-state index in [0.717, 1.165) is 50.4 Å². The Hall–Kier alpha value is -1.14. The third-order valence-corrected chi connectivity index (χ3v) is 5.68. The van der Waals surface area contributed by atoms with Crippen LogP contribution in [0, 0.1) is 12.8 Å². The molecule has 0 radical (unpaired) electrons. The second-order valence-electron chi connectivity index (χ2n) is 7.43. The zero-order valence-electron chi connectivity index (χ0n) is 15.5. The van der Waals surface area contributed by atoms with Crippen molar-refractivity contribution < 1.29 is 4.79 Å². The fraction of sp³-hybridized carbons (Fsp3) is 0.833. The molecule has 1 saturated carbocycles. The number of hydrogen-bond acceptors (Lipinski definition) is 4. The molecule has 2 N–H and O–H groups in total. The van der Waals surface area contributed by atoms with Gasteiger partial charge in [-0.05, 0) is 64.5 Å². The Morgan fingerprint density at radius 2 is 1.88 bits per heavy atom. The topological polar surface area (TPSA) is 71.8 Å². The lowest BCUT2D eigenvalue weighted by Gasteiger charge is -2.28. The molecule has 0 spiro atoms. The third kappa shape index (κ3) is 4.94. The van der Waals surface area contributed by atoms with E-state index in [1.807, 2.05) is 11.6 Å². The number of hydrogen-bond donors (Lipinski definition) is 2. The van der Waals surface area contributed by atoms with Crippen LogP contribution in [0.5, 0.6) is 0 Å². The number of nitrogens with zero attached hydrogens (tertiary/aromatic N) is 3. The van der Waals surface area contributed by atoms with Gasteiger partial charge in [0.2, 0.25) is 0 Å². The zero-order valence-corrected chi connectivity index (χ0v) is 16.3. The van der Waals surface area contributed by atoms with Gasteiger partial charge in [0.05, 0.1) is 11.7 Å². The molecule has 1 aromatic rings. The molecule has 6 nitrogen and oxygen atoms in total. The van der Waals surface area contributed by atoms with Gasteiger partial charge in [-0.2, -0.15) is 0 Å². The number of piperidine rings is 1. The molecule has 1 aromatic heterocycles. The molecule has 142 valence electrons. The molecular formula is C18H32ClN5O. The van der Waals surface area contributed by atoms with E-state index in [0.29, 0.717) is 17.8 Å². The van der Waals surface area contributed by atoms with E-state index in [9.17, 15) is 4.79 Å². The molecule has 1 aliphatic carbocycles. The average molecular weight is 370 g/mol. The average Bonchev–Trinajstić information content (AvgIpc) is 2.99. The number of rotatable bonds is 5. The predicted molar refractivity (Wildman–Crippen MR) is 101 cm³/mol. The maximum atomic E-state index is 12.6. The monoisotopic (exact) mass is 369 g/mol. The first-order valence-electron chi connectivity index (χ1n) is 9.62. The summed E-state index contributed by atoms with van der Waals surface area (Å²) in [5.41, 5.74) is 1.41. The van der Waals surface area contributed by atoms with Gasteiger partial charge in [0, 0.05) is 6.04 Å². The van der Waals surface area contributed by atoms with Gasteiger partial charge >= 0.3 is 0 Å². The standard InChI is InChI=1S/C18H31N5O.ClH/c1-3-4-14-5-7-15(8-6-14)20-18(24)17-13(2)23(22-21-17)16-9-11-19-12-10-16;/h14-16,19H,3-12H2,1-2H3,(H,20,24);1H. The zero-order chi connectivity index (χ0) is 16.9. The van der Waals surface area contributed by atoms with E-state index in [1.165, 1.54) is 25.7 Å². The summed E-state index contributed by atoms with van der Waals surface area (Å²) in [4.78, 5) is 12.6. The van der Waals surface area contributed by atoms with Crippen LogP contribution in [-0.2, 0) is 0 Å². The highest BCUT2D eigenvalue weighted by atomic mass is 35.5. The maximum Gasteiger partial charge on any atom is 0.273 e. The van der Waals surface area contributed by atoms with Crippen LogP contribution in [-0.4, -0.2) is 40.0 Å². The van der Waals surface area contributed by atoms with Crippen molar-refractivity contribution in [2.24, 2.45) is 5.92 Å². The largest absolute Gasteiger partial charge is 0.348 e. The Balaban J connectivity index is 0.00000225. The summed E-state index contributed by atoms with van der Waals surface area (Å²) in [5, 5.41) is 15.0. The minimum Gasteiger partial charge on any atom is -0.348 e. The molecule has 7 heteroatoms. The normalized spacial score (nSPS) is 24.6. The van der Waals surface area contributed by atoms with E-state index in [4.69, 9.17) is 0 Å². The smallest absolute Gasteiger partial charge is 0.273 e. The number of nitrogens with one attached hydrogen (secondary N) is 2. The Morgan fingerprint density at radius 1 is 1.20 bits per heavy atom. The molecule has 1 saturated heterocycles. The molecule has 1 amide bonds. The van der Waals surface area contributed by atoms with Crippen molar-refractivity contribution in [3.8, 4) is 0 Å². The molecule has 25 heavy (non-hydrogen) atoms. The fourth-order valence-electron chi connectivity index (χ4n) is 4.21. The van der Waals surface area contributed by atoms with Gasteiger partial charge in [0.1, 0.15) is 0 Å². The summed E-state index contributed by atoms with van der Waals surface area (Å²) in [6, 6.07) is 0.666. The lowest BCUT2D eigenvalue weighted by atomic mass is 9.83. The minimum atomic E-state index is -0.0494. The van der Waals surface area contributed by atoms with Crippen molar-refractivity contribution in [2.45, 2.75) is 77.3 Å². The molecule has 3 rings (SSSR count). The van der Waals surface area contributed by atoms with Gasteiger partial charge in [-0.25, -0.2) is 4.68 Å². The van der Waals surface area contributed by atoms with Gasteiger partial charge < -0.3 is 10.6 Å². The van der Waals surface area contributed by atoms with E-state index < -0.39 is 0 Å². The second-order valence-corrected chi connectivity index (χ2v) is 7.43. The molecule has 0 unspecified atom stereocenters. The van der Waals surface area contributed by atoms with Crippen LogP contribution in [0.1, 0.15) is 80.5 Å². The number of aromatic nitrogens is 3. The Morgan fingerprint density at radius 3 is 2.52 bits per heavy atom. The Labute approximate surface area is 156 Å². The van der Waals surface area contributed by atoms with Crippen LogP contribution < -0.4 is 10.6 Å². The summed E-state index contributed by atoms with van der Waals surface area (Å²) in [6.07, 6.45) is 9.35. The van der Waals surface area contributed by atoms with Gasteiger partial charge in [-0.1, -0.05) is 25.0 Å². The molecule has 2 heterocycles. The minimum absolute atomic E-state index is 0. The second kappa shape index (κ2) is 9.53. The van der Waals surface area contributed by atoms with Crippen LogP contribution in [0.3, 0.4) is 0 Å². The first kappa shape index (κ1) is 20.2. The van der Waals surface area contributed by atoms with E-state index >= 15 is 0 Å². The van der Waals surface area contributed by atoms with Crippen molar-refractivity contribution in [1.29, 1.82) is 0 Å². The van der Waals surface area contributed by atoms with Crippen LogP contribution in [0.2, 0.25) is 0 Å². The predicted octanol–water partition coefficient (Wildman–Crippen LogP) is 3.02. The highest BCUT2D eigenvalue weighted by Crippen LogP contribution is 2.28. The van der Waals surface area contributed by atoms with Gasteiger partial charge in [-0.15, -0.1) is 17.5 Å². The molecule has 2 aliphatic rings. The molecule has 0 aromatic carbocycles. The maximum absolute atomic E-state index is 12.6. The summed E-state index contributed by atoms with van der Waals surface area (Å²) >= 11 is 0. The lowest BCUT2D eigenvalue weighted by molar-refractivity contribution is 0.0915. The highest BCUT2D eigenvalue weighted by Gasteiger charge is 2.26. The van der Waals surface area contributed by atoms with Crippen LogP contribution >= 0.6 is 12.4 Å². The van der Waals surface area contributed by atoms with Crippen LogP contribution in [0.4, 0.5) is 0 Å². The van der Waals surface area contributed by atoms with Crippen molar-refractivity contribution in [2.75, 3.05) is 13.1 Å². The summed E-state index contributed by atoms with van der Waals surface area (Å²) in [7, 11) is 0. The molecule has 0 bridgehead atoms. The summed E-state index contributed by atoms with van der Waals surface area (Å²) in [6.45, 7) is 6.23. The fourth-order valence-corrected chi connectivity index (χ4v) is 4.21. The van der Waals surface area contributed by atoms with E-state index in [2.05, 4.69) is 27.9 Å². The molecule has 2 fully saturated rings. The first-order valence-corrected chi connectivity index (χ1v) is 9.62. The third-order valence-electron chi connectivity index (χ3n) is 5.68. The van der Waals surface area contributed by atoms with Crippen molar-refractivity contribution in [1.82, 2.24) is 25.6 Å². The summed E-state index contributed by atoms with van der Waals surface area (Å²) in [5.74, 6) is 0.803. The van der Waals surface area contributed by atoms with Crippen molar-refractivity contribution in [3.05, 3.63) is 11.4 Å². The van der Waals surface area contributed by atoms with E-state index in [-0.39, 0.29) is 18.3 Å². The number of carbonyl (C=O) groups excluding carboxylic acids is 1.